The summed E-state index contributed by atoms with van der Waals surface area (Å²) in [4.78, 5) is 29.6. The van der Waals surface area contributed by atoms with Crippen LogP contribution in [0.25, 0.3) is 0 Å². The van der Waals surface area contributed by atoms with Gasteiger partial charge in [-0.1, -0.05) is 29.8 Å². The van der Waals surface area contributed by atoms with Crippen molar-refractivity contribution in [3.8, 4) is 5.75 Å². The minimum Gasteiger partial charge on any atom is -0.497 e. The molecule has 0 unspecified atom stereocenters. The van der Waals surface area contributed by atoms with Crippen LogP contribution in [0.5, 0.6) is 5.75 Å². The van der Waals surface area contributed by atoms with E-state index in [9.17, 15) is 18.0 Å². The fraction of sp³-hybridized carbons (Fsp3) is 0.355. The minimum atomic E-state index is -4.12. The molecule has 41 heavy (non-hydrogen) atoms. The zero-order chi connectivity index (χ0) is 30.4. The molecule has 3 aromatic rings. The molecular weight excluding hydrogens is 558 g/mol. The Hall–Kier alpha value is -3.50. The van der Waals surface area contributed by atoms with Crippen LogP contribution in [0.1, 0.15) is 38.8 Å². The number of thioether (sulfide) groups is 1. The quantitative estimate of drug-likeness (QED) is 0.303. The highest BCUT2D eigenvalue weighted by Gasteiger charge is 2.33. The first-order chi connectivity index (χ1) is 19.2. The van der Waals surface area contributed by atoms with Gasteiger partial charge in [0.2, 0.25) is 11.8 Å². The first-order valence-electron chi connectivity index (χ1n) is 13.2. The lowest BCUT2D eigenvalue weighted by molar-refractivity contribution is -0.140. The summed E-state index contributed by atoms with van der Waals surface area (Å²) in [5.74, 6) is -0.187. The molecule has 0 spiro atoms. The SMILES string of the molecule is COc1ccc(CN(C(=O)CN(c2ccc(C)cc2)S(=O)(=O)c2ccc(SC)cc2)[C@@H](C)C(=O)NC(C)(C)C)cc1. The van der Waals surface area contributed by atoms with Gasteiger partial charge in [0.05, 0.1) is 17.7 Å². The number of rotatable bonds is 11. The van der Waals surface area contributed by atoms with Gasteiger partial charge in [-0.2, -0.15) is 0 Å². The molecule has 0 aliphatic carbocycles. The van der Waals surface area contributed by atoms with Crippen LogP contribution in [0.3, 0.4) is 0 Å². The molecular formula is C31H39N3O5S2. The lowest BCUT2D eigenvalue weighted by atomic mass is 10.1. The summed E-state index contributed by atoms with van der Waals surface area (Å²) in [7, 11) is -2.55. The molecule has 3 aromatic carbocycles. The number of nitrogens with zero attached hydrogens (tertiary/aromatic N) is 2. The van der Waals surface area contributed by atoms with E-state index >= 15 is 0 Å². The van der Waals surface area contributed by atoms with Gasteiger partial charge in [0, 0.05) is 17.0 Å². The van der Waals surface area contributed by atoms with Gasteiger partial charge < -0.3 is 15.0 Å². The third-order valence-electron chi connectivity index (χ3n) is 6.43. The highest BCUT2D eigenvalue weighted by Crippen LogP contribution is 2.27. The second-order valence-electron chi connectivity index (χ2n) is 10.8. The van der Waals surface area contributed by atoms with Gasteiger partial charge >= 0.3 is 0 Å². The average Bonchev–Trinajstić information content (AvgIpc) is 2.94. The summed E-state index contributed by atoms with van der Waals surface area (Å²) in [6, 6.07) is 19.8. The molecule has 3 rings (SSSR count). The molecule has 1 N–H and O–H groups in total. The van der Waals surface area contributed by atoms with Gasteiger partial charge in [0.25, 0.3) is 10.0 Å². The molecule has 0 heterocycles. The van der Waals surface area contributed by atoms with E-state index in [2.05, 4.69) is 5.32 Å². The van der Waals surface area contributed by atoms with E-state index in [0.29, 0.717) is 11.4 Å². The number of hydrogen-bond acceptors (Lipinski definition) is 6. The lowest BCUT2D eigenvalue weighted by Gasteiger charge is -2.33. The molecule has 0 radical (unpaired) electrons. The standard InChI is InChI=1S/C31H39N3O5S2/c1-22-8-12-25(13-9-22)34(41(37,38)28-18-16-27(40-7)17-19-28)21-29(35)33(23(2)30(36)32-31(3,4)5)20-24-10-14-26(39-6)15-11-24/h8-19,23H,20-21H2,1-7H3,(H,32,36)/t23-/m0/s1. The summed E-state index contributed by atoms with van der Waals surface area (Å²) in [6.07, 6.45) is 1.91. The van der Waals surface area contributed by atoms with Crippen LogP contribution in [0.4, 0.5) is 5.69 Å². The summed E-state index contributed by atoms with van der Waals surface area (Å²) >= 11 is 1.51. The van der Waals surface area contributed by atoms with Crippen molar-refractivity contribution in [1.82, 2.24) is 10.2 Å². The molecule has 0 saturated carbocycles. The van der Waals surface area contributed by atoms with Crippen molar-refractivity contribution in [2.24, 2.45) is 0 Å². The molecule has 0 aliphatic rings. The smallest absolute Gasteiger partial charge is 0.264 e. The maximum Gasteiger partial charge on any atom is 0.264 e. The van der Waals surface area contributed by atoms with E-state index in [1.165, 1.54) is 16.7 Å². The van der Waals surface area contributed by atoms with E-state index in [1.807, 2.05) is 46.1 Å². The third kappa shape index (κ3) is 8.50. The number of carbonyl (C=O) groups excluding carboxylic acids is 2. The fourth-order valence-corrected chi connectivity index (χ4v) is 5.92. The number of benzene rings is 3. The molecule has 0 fully saturated rings. The molecule has 1 atom stereocenters. The predicted octanol–water partition coefficient (Wildman–Crippen LogP) is 5.25. The topological polar surface area (TPSA) is 96.0 Å². The average molecular weight is 598 g/mol. The number of methoxy groups -OCH3 is 1. The zero-order valence-corrected chi connectivity index (χ0v) is 26.3. The molecule has 2 amide bonds. The highest BCUT2D eigenvalue weighted by atomic mass is 32.2. The summed E-state index contributed by atoms with van der Waals surface area (Å²) in [5.41, 5.74) is 1.57. The van der Waals surface area contributed by atoms with Crippen LogP contribution in [0.15, 0.2) is 82.6 Å². The van der Waals surface area contributed by atoms with E-state index < -0.39 is 34.1 Å². The van der Waals surface area contributed by atoms with E-state index in [4.69, 9.17) is 4.74 Å². The van der Waals surface area contributed by atoms with Crippen molar-refractivity contribution in [2.75, 3.05) is 24.2 Å². The van der Waals surface area contributed by atoms with Crippen molar-refractivity contribution in [2.45, 2.75) is 62.5 Å². The van der Waals surface area contributed by atoms with E-state index in [0.717, 1.165) is 20.3 Å². The third-order valence-corrected chi connectivity index (χ3v) is 8.96. The Morgan fingerprint density at radius 3 is 2.05 bits per heavy atom. The maximum absolute atomic E-state index is 14.0. The summed E-state index contributed by atoms with van der Waals surface area (Å²) < 4.78 is 34.3. The molecule has 8 nitrogen and oxygen atoms in total. The Labute approximate surface area is 248 Å². The van der Waals surface area contributed by atoms with Gasteiger partial charge in [-0.3, -0.25) is 13.9 Å². The monoisotopic (exact) mass is 597 g/mol. The number of hydrogen-bond donors (Lipinski definition) is 1. The van der Waals surface area contributed by atoms with Gasteiger partial charge in [-0.15, -0.1) is 11.8 Å². The van der Waals surface area contributed by atoms with Crippen LogP contribution in [-0.4, -0.2) is 56.6 Å². The maximum atomic E-state index is 14.0. The highest BCUT2D eigenvalue weighted by molar-refractivity contribution is 7.98. The molecule has 0 aliphatic heterocycles. The number of ether oxygens (including phenoxy) is 1. The van der Waals surface area contributed by atoms with Crippen LogP contribution >= 0.6 is 11.8 Å². The van der Waals surface area contributed by atoms with Gasteiger partial charge in [0.1, 0.15) is 18.3 Å². The Kier molecular flexibility index (Phi) is 10.5. The molecule has 10 heteroatoms. The normalized spacial score (nSPS) is 12.4. The van der Waals surface area contributed by atoms with E-state index in [1.54, 1.807) is 74.7 Å². The number of anilines is 1. The van der Waals surface area contributed by atoms with Crippen molar-refractivity contribution in [1.29, 1.82) is 0 Å². The number of aryl methyl sites for hydroxylation is 1. The number of nitrogens with one attached hydrogen (secondary N) is 1. The Morgan fingerprint density at radius 2 is 1.54 bits per heavy atom. The molecule has 0 saturated heterocycles. The largest absolute Gasteiger partial charge is 0.497 e. The van der Waals surface area contributed by atoms with Crippen molar-refractivity contribution >= 4 is 39.3 Å². The minimum absolute atomic E-state index is 0.0731. The Balaban J connectivity index is 2.02. The first kappa shape index (κ1) is 32.0. The fourth-order valence-electron chi connectivity index (χ4n) is 4.10. The number of sulfonamides is 1. The number of amides is 2. The van der Waals surface area contributed by atoms with Gasteiger partial charge in [-0.25, -0.2) is 8.42 Å². The van der Waals surface area contributed by atoms with Crippen LogP contribution in [0, 0.1) is 6.92 Å². The molecule has 220 valence electrons. The van der Waals surface area contributed by atoms with Gasteiger partial charge in [0.15, 0.2) is 0 Å². The number of carbonyl (C=O) groups is 2. The first-order valence-corrected chi connectivity index (χ1v) is 15.9. The van der Waals surface area contributed by atoms with Crippen LogP contribution in [-0.2, 0) is 26.2 Å². The van der Waals surface area contributed by atoms with E-state index in [-0.39, 0.29) is 17.3 Å². The van der Waals surface area contributed by atoms with Crippen molar-refractivity contribution in [3.63, 3.8) is 0 Å². The Bertz CT molecular complexity index is 1430. The van der Waals surface area contributed by atoms with Crippen LogP contribution < -0.4 is 14.4 Å². The second kappa shape index (κ2) is 13.4. The van der Waals surface area contributed by atoms with Crippen molar-refractivity contribution < 1.29 is 22.7 Å². The summed E-state index contributed by atoms with van der Waals surface area (Å²) in [6.45, 7) is 8.75. The lowest BCUT2D eigenvalue weighted by Crippen LogP contribution is -2.54. The van der Waals surface area contributed by atoms with Crippen molar-refractivity contribution in [3.05, 3.63) is 83.9 Å². The Morgan fingerprint density at radius 1 is 0.951 bits per heavy atom. The zero-order valence-electron chi connectivity index (χ0n) is 24.7. The van der Waals surface area contributed by atoms with Crippen LogP contribution in [0.2, 0.25) is 0 Å². The predicted molar refractivity (Wildman–Crippen MR) is 165 cm³/mol. The molecule has 0 aromatic heterocycles. The second-order valence-corrected chi connectivity index (χ2v) is 13.5. The molecule has 0 bridgehead atoms. The summed E-state index contributed by atoms with van der Waals surface area (Å²) in [5, 5.41) is 2.93. The van der Waals surface area contributed by atoms with Gasteiger partial charge in [-0.05, 0) is 95.0 Å².